The highest BCUT2D eigenvalue weighted by atomic mass is 19.1. The molecule has 3 rings (SSSR count). The van der Waals surface area contributed by atoms with Gasteiger partial charge in [-0.25, -0.2) is 9.37 Å². The van der Waals surface area contributed by atoms with E-state index in [4.69, 9.17) is 9.15 Å². The Morgan fingerprint density at radius 2 is 2.04 bits per heavy atom. The molecule has 1 heterocycles. The molecule has 0 spiro atoms. The lowest BCUT2D eigenvalue weighted by atomic mass is 10.1. The number of ether oxygens (including phenoxy) is 1. The van der Waals surface area contributed by atoms with Crippen LogP contribution in [0.3, 0.4) is 0 Å². The number of benzene rings is 2. The Morgan fingerprint density at radius 1 is 1.25 bits per heavy atom. The van der Waals surface area contributed by atoms with Crippen LogP contribution in [0, 0.1) is 5.82 Å². The van der Waals surface area contributed by atoms with Crippen molar-refractivity contribution >= 4 is 11.6 Å². The summed E-state index contributed by atoms with van der Waals surface area (Å²) in [5.74, 6) is 0.616. The SMILES string of the molecule is COc1cc(NC(=O)Cc2ccc(F)cc2)ccc1-c1cnco1. The van der Waals surface area contributed by atoms with Crippen LogP contribution in [-0.4, -0.2) is 18.0 Å². The van der Waals surface area contributed by atoms with Gasteiger partial charge in [-0.05, 0) is 29.8 Å². The van der Waals surface area contributed by atoms with Crippen molar-refractivity contribution in [1.29, 1.82) is 0 Å². The molecule has 0 aliphatic heterocycles. The lowest BCUT2D eigenvalue weighted by Crippen LogP contribution is -2.14. The van der Waals surface area contributed by atoms with E-state index in [0.29, 0.717) is 17.2 Å². The lowest BCUT2D eigenvalue weighted by molar-refractivity contribution is -0.115. The molecule has 122 valence electrons. The van der Waals surface area contributed by atoms with Crippen molar-refractivity contribution in [2.75, 3.05) is 12.4 Å². The third-order valence-corrected chi connectivity index (χ3v) is 3.46. The van der Waals surface area contributed by atoms with Crippen LogP contribution in [0.2, 0.25) is 0 Å². The first kappa shape index (κ1) is 15.7. The number of aromatic nitrogens is 1. The van der Waals surface area contributed by atoms with Crippen LogP contribution in [0.25, 0.3) is 11.3 Å². The molecule has 2 aromatic carbocycles. The minimum Gasteiger partial charge on any atom is -0.496 e. The van der Waals surface area contributed by atoms with Gasteiger partial charge < -0.3 is 14.5 Å². The van der Waals surface area contributed by atoms with E-state index in [-0.39, 0.29) is 18.1 Å². The summed E-state index contributed by atoms with van der Waals surface area (Å²) >= 11 is 0. The van der Waals surface area contributed by atoms with E-state index < -0.39 is 0 Å². The van der Waals surface area contributed by atoms with E-state index in [1.807, 2.05) is 0 Å². The van der Waals surface area contributed by atoms with Gasteiger partial charge in [0.25, 0.3) is 0 Å². The number of methoxy groups -OCH3 is 1. The van der Waals surface area contributed by atoms with Gasteiger partial charge in [-0.15, -0.1) is 0 Å². The number of hydrogen-bond donors (Lipinski definition) is 1. The first-order valence-electron chi connectivity index (χ1n) is 7.27. The lowest BCUT2D eigenvalue weighted by Gasteiger charge is -2.10. The molecular formula is C18H15FN2O3. The number of nitrogens with one attached hydrogen (secondary N) is 1. The Morgan fingerprint density at radius 3 is 2.71 bits per heavy atom. The maximum atomic E-state index is 12.9. The van der Waals surface area contributed by atoms with Crippen molar-refractivity contribution in [3.05, 3.63) is 66.4 Å². The van der Waals surface area contributed by atoms with Crippen LogP contribution in [0.4, 0.5) is 10.1 Å². The number of amides is 1. The molecule has 1 amide bonds. The molecule has 0 atom stereocenters. The van der Waals surface area contributed by atoms with E-state index in [0.717, 1.165) is 11.1 Å². The molecule has 0 bridgehead atoms. The van der Waals surface area contributed by atoms with Crippen molar-refractivity contribution in [3.63, 3.8) is 0 Å². The summed E-state index contributed by atoms with van der Waals surface area (Å²) < 4.78 is 23.5. The average molecular weight is 326 g/mol. The summed E-state index contributed by atoms with van der Waals surface area (Å²) in [6.07, 6.45) is 3.09. The minimum atomic E-state index is -0.327. The standard InChI is InChI=1S/C18H15FN2O3/c1-23-16-9-14(6-7-15(16)17-10-20-11-24-17)21-18(22)8-12-2-4-13(19)5-3-12/h2-7,9-11H,8H2,1H3,(H,21,22). The highest BCUT2D eigenvalue weighted by Crippen LogP contribution is 2.32. The molecule has 0 fully saturated rings. The zero-order chi connectivity index (χ0) is 16.9. The normalized spacial score (nSPS) is 10.4. The molecule has 0 aliphatic carbocycles. The summed E-state index contributed by atoms with van der Waals surface area (Å²) in [6.45, 7) is 0. The van der Waals surface area contributed by atoms with Crippen LogP contribution >= 0.6 is 0 Å². The first-order chi connectivity index (χ1) is 11.7. The molecule has 1 N–H and O–H groups in total. The molecule has 1 aromatic heterocycles. The van der Waals surface area contributed by atoms with Crippen molar-refractivity contribution in [3.8, 4) is 17.1 Å². The van der Waals surface area contributed by atoms with Gasteiger partial charge >= 0.3 is 0 Å². The number of halogens is 1. The van der Waals surface area contributed by atoms with Gasteiger partial charge in [0.2, 0.25) is 5.91 Å². The third kappa shape index (κ3) is 3.60. The maximum Gasteiger partial charge on any atom is 0.228 e. The molecular weight excluding hydrogens is 311 g/mol. The number of anilines is 1. The van der Waals surface area contributed by atoms with Crippen molar-refractivity contribution < 1.29 is 18.3 Å². The zero-order valence-electron chi connectivity index (χ0n) is 13.0. The minimum absolute atomic E-state index is 0.159. The molecule has 6 heteroatoms. The van der Waals surface area contributed by atoms with E-state index in [1.54, 1.807) is 43.6 Å². The molecule has 5 nitrogen and oxygen atoms in total. The summed E-state index contributed by atoms with van der Waals surface area (Å²) in [5, 5.41) is 2.79. The van der Waals surface area contributed by atoms with Gasteiger partial charge in [0.15, 0.2) is 12.2 Å². The maximum absolute atomic E-state index is 12.9. The molecule has 0 saturated carbocycles. The van der Waals surface area contributed by atoms with Crippen LogP contribution in [-0.2, 0) is 11.2 Å². The van der Waals surface area contributed by atoms with Crippen molar-refractivity contribution in [2.24, 2.45) is 0 Å². The molecule has 3 aromatic rings. The predicted molar refractivity (Wildman–Crippen MR) is 87.2 cm³/mol. The molecule has 0 unspecified atom stereocenters. The Hall–Kier alpha value is -3.15. The number of carbonyl (C=O) groups excluding carboxylic acids is 1. The van der Waals surface area contributed by atoms with E-state index in [1.165, 1.54) is 18.5 Å². The largest absolute Gasteiger partial charge is 0.496 e. The van der Waals surface area contributed by atoms with Crippen LogP contribution in [0.5, 0.6) is 5.75 Å². The summed E-state index contributed by atoms with van der Waals surface area (Å²) in [4.78, 5) is 16.0. The molecule has 0 saturated heterocycles. The topological polar surface area (TPSA) is 64.4 Å². The predicted octanol–water partition coefficient (Wildman–Crippen LogP) is 3.67. The molecule has 24 heavy (non-hydrogen) atoms. The van der Waals surface area contributed by atoms with Gasteiger partial charge in [0, 0.05) is 11.8 Å². The monoisotopic (exact) mass is 326 g/mol. The number of rotatable bonds is 5. The van der Waals surface area contributed by atoms with Gasteiger partial charge in [-0.2, -0.15) is 0 Å². The fraction of sp³-hybridized carbons (Fsp3) is 0.111. The fourth-order valence-corrected chi connectivity index (χ4v) is 2.31. The highest BCUT2D eigenvalue weighted by molar-refractivity contribution is 5.93. The van der Waals surface area contributed by atoms with E-state index in [9.17, 15) is 9.18 Å². The Kier molecular flexibility index (Phi) is 4.56. The summed E-state index contributed by atoms with van der Waals surface area (Å²) in [7, 11) is 1.54. The van der Waals surface area contributed by atoms with Crippen LogP contribution < -0.4 is 10.1 Å². The fourth-order valence-electron chi connectivity index (χ4n) is 2.31. The van der Waals surface area contributed by atoms with Crippen molar-refractivity contribution in [2.45, 2.75) is 6.42 Å². The summed E-state index contributed by atoms with van der Waals surface area (Å²) in [5.41, 5.74) is 2.08. The Balaban J connectivity index is 1.73. The zero-order valence-corrected chi connectivity index (χ0v) is 13.0. The third-order valence-electron chi connectivity index (χ3n) is 3.46. The Bertz CT molecular complexity index is 830. The summed E-state index contributed by atoms with van der Waals surface area (Å²) in [6, 6.07) is 11.1. The second-order valence-electron chi connectivity index (χ2n) is 5.13. The van der Waals surface area contributed by atoms with E-state index in [2.05, 4.69) is 10.3 Å². The van der Waals surface area contributed by atoms with Crippen LogP contribution in [0.1, 0.15) is 5.56 Å². The number of carbonyl (C=O) groups is 1. The van der Waals surface area contributed by atoms with Crippen LogP contribution in [0.15, 0.2) is 59.5 Å². The van der Waals surface area contributed by atoms with E-state index >= 15 is 0 Å². The van der Waals surface area contributed by atoms with Crippen molar-refractivity contribution in [1.82, 2.24) is 4.98 Å². The second-order valence-corrected chi connectivity index (χ2v) is 5.13. The molecule has 0 radical (unpaired) electrons. The van der Waals surface area contributed by atoms with Gasteiger partial charge in [-0.1, -0.05) is 12.1 Å². The second kappa shape index (κ2) is 6.95. The quantitative estimate of drug-likeness (QED) is 0.777. The molecule has 0 aliphatic rings. The van der Waals surface area contributed by atoms with Gasteiger partial charge in [0.1, 0.15) is 11.6 Å². The average Bonchev–Trinajstić information content (AvgIpc) is 3.11. The Labute approximate surface area is 138 Å². The number of oxazole rings is 1. The van der Waals surface area contributed by atoms with Gasteiger partial charge in [-0.3, -0.25) is 4.79 Å². The highest BCUT2D eigenvalue weighted by Gasteiger charge is 2.11. The first-order valence-corrected chi connectivity index (χ1v) is 7.27. The van der Waals surface area contributed by atoms with Gasteiger partial charge in [0.05, 0.1) is 25.3 Å². The smallest absolute Gasteiger partial charge is 0.228 e. The number of hydrogen-bond acceptors (Lipinski definition) is 4. The number of nitrogens with zero attached hydrogens (tertiary/aromatic N) is 1.